The molecule has 0 fully saturated rings. The van der Waals surface area contributed by atoms with Gasteiger partial charge in [-0.25, -0.2) is 9.97 Å². The summed E-state index contributed by atoms with van der Waals surface area (Å²) < 4.78 is 2.00. The molecule has 3 aromatic rings. The molecule has 0 atom stereocenters. The number of rotatable bonds is 3. The molecular formula is C12H14N6S. The van der Waals surface area contributed by atoms with E-state index in [0.29, 0.717) is 5.82 Å². The third-order valence-electron chi connectivity index (χ3n) is 3.06. The van der Waals surface area contributed by atoms with Crippen LogP contribution in [-0.2, 0) is 6.54 Å². The fraction of sp³-hybridized carbons (Fsp3) is 0.333. The molecule has 3 heterocycles. The van der Waals surface area contributed by atoms with Crippen LogP contribution in [0.5, 0.6) is 0 Å². The monoisotopic (exact) mass is 274 g/mol. The van der Waals surface area contributed by atoms with Gasteiger partial charge in [-0.3, -0.25) is 9.78 Å². The standard InChI is InChI=1S/C12H14N6S/c1-4-18-8(3)10(7(2)17-18)9-5-19-12(15-9)11-13-6-14-16-11/h5-6H,4H2,1-3H3,(H,13,14,16). The summed E-state index contributed by atoms with van der Waals surface area (Å²) in [5.74, 6) is 0.703. The SMILES string of the molecule is CCn1nc(C)c(-c2csc(-c3ncn[nH]3)n2)c1C. The second-order valence-corrected chi connectivity index (χ2v) is 5.09. The predicted octanol–water partition coefficient (Wildman–Crippen LogP) is 2.43. The summed E-state index contributed by atoms with van der Waals surface area (Å²) >= 11 is 1.55. The van der Waals surface area contributed by atoms with Gasteiger partial charge in [0.1, 0.15) is 6.33 Å². The van der Waals surface area contributed by atoms with Crippen LogP contribution in [0.2, 0.25) is 0 Å². The van der Waals surface area contributed by atoms with E-state index >= 15 is 0 Å². The largest absolute Gasteiger partial charge is 0.269 e. The van der Waals surface area contributed by atoms with E-state index in [1.807, 2.05) is 17.0 Å². The maximum atomic E-state index is 4.62. The van der Waals surface area contributed by atoms with Crippen molar-refractivity contribution in [2.45, 2.75) is 27.3 Å². The molecule has 0 aliphatic carbocycles. The molecule has 0 saturated heterocycles. The minimum absolute atomic E-state index is 0.703. The minimum Gasteiger partial charge on any atom is -0.269 e. The highest BCUT2D eigenvalue weighted by molar-refractivity contribution is 7.13. The van der Waals surface area contributed by atoms with Crippen molar-refractivity contribution in [3.63, 3.8) is 0 Å². The first-order chi connectivity index (χ1) is 9.20. The number of aromatic amines is 1. The van der Waals surface area contributed by atoms with Gasteiger partial charge in [-0.1, -0.05) is 0 Å². The van der Waals surface area contributed by atoms with E-state index in [1.165, 1.54) is 6.33 Å². The van der Waals surface area contributed by atoms with Gasteiger partial charge < -0.3 is 0 Å². The summed E-state index contributed by atoms with van der Waals surface area (Å²) in [6.07, 6.45) is 1.49. The molecule has 0 aliphatic heterocycles. The molecule has 0 spiro atoms. The van der Waals surface area contributed by atoms with Crippen LogP contribution in [0.25, 0.3) is 22.1 Å². The fourth-order valence-corrected chi connectivity index (χ4v) is 2.94. The van der Waals surface area contributed by atoms with Crippen LogP contribution in [0.15, 0.2) is 11.7 Å². The molecule has 0 bridgehead atoms. The summed E-state index contributed by atoms with van der Waals surface area (Å²) in [7, 11) is 0. The molecule has 1 N–H and O–H groups in total. The molecule has 19 heavy (non-hydrogen) atoms. The number of hydrogen-bond acceptors (Lipinski definition) is 5. The Kier molecular flexibility index (Phi) is 2.90. The Hall–Kier alpha value is -2.02. The molecule has 0 unspecified atom stereocenters. The van der Waals surface area contributed by atoms with Crippen molar-refractivity contribution in [2.24, 2.45) is 0 Å². The van der Waals surface area contributed by atoms with E-state index in [1.54, 1.807) is 11.3 Å². The van der Waals surface area contributed by atoms with Gasteiger partial charge in [-0.2, -0.15) is 10.2 Å². The van der Waals surface area contributed by atoms with Gasteiger partial charge in [0.25, 0.3) is 0 Å². The van der Waals surface area contributed by atoms with Gasteiger partial charge in [0.15, 0.2) is 10.8 Å². The van der Waals surface area contributed by atoms with Gasteiger partial charge >= 0.3 is 0 Å². The zero-order chi connectivity index (χ0) is 13.4. The molecule has 0 saturated carbocycles. The van der Waals surface area contributed by atoms with Gasteiger partial charge in [0.05, 0.1) is 11.4 Å². The van der Waals surface area contributed by atoms with Crippen molar-refractivity contribution >= 4 is 11.3 Å². The lowest BCUT2D eigenvalue weighted by Gasteiger charge is -1.99. The first-order valence-corrected chi connectivity index (χ1v) is 6.94. The van der Waals surface area contributed by atoms with Crippen LogP contribution in [0, 0.1) is 13.8 Å². The molecule has 3 aromatic heterocycles. The van der Waals surface area contributed by atoms with Crippen molar-refractivity contribution in [3.05, 3.63) is 23.1 Å². The zero-order valence-electron chi connectivity index (χ0n) is 11.0. The van der Waals surface area contributed by atoms with Crippen LogP contribution in [0.1, 0.15) is 18.3 Å². The van der Waals surface area contributed by atoms with Crippen LogP contribution >= 0.6 is 11.3 Å². The van der Waals surface area contributed by atoms with Crippen LogP contribution in [0.4, 0.5) is 0 Å². The Bertz CT molecular complexity index is 694. The summed E-state index contributed by atoms with van der Waals surface area (Å²) in [6, 6.07) is 0. The first kappa shape index (κ1) is 12.0. The van der Waals surface area contributed by atoms with E-state index in [4.69, 9.17) is 0 Å². The van der Waals surface area contributed by atoms with Gasteiger partial charge in [-0.05, 0) is 20.8 Å². The van der Waals surface area contributed by atoms with E-state index in [9.17, 15) is 0 Å². The van der Waals surface area contributed by atoms with Crippen LogP contribution in [-0.4, -0.2) is 29.9 Å². The topological polar surface area (TPSA) is 72.3 Å². The summed E-state index contributed by atoms with van der Waals surface area (Å²) in [5.41, 5.74) is 4.22. The maximum absolute atomic E-state index is 4.62. The third kappa shape index (κ3) is 1.95. The smallest absolute Gasteiger partial charge is 0.184 e. The molecule has 3 rings (SSSR count). The number of nitrogens with one attached hydrogen (secondary N) is 1. The minimum atomic E-state index is 0.703. The molecule has 98 valence electrons. The Labute approximate surface area is 114 Å². The lowest BCUT2D eigenvalue weighted by atomic mass is 10.1. The number of aryl methyl sites for hydroxylation is 2. The second kappa shape index (κ2) is 4.58. The normalized spacial score (nSPS) is 11.1. The molecule has 0 aliphatic rings. The van der Waals surface area contributed by atoms with Crippen molar-refractivity contribution in [1.82, 2.24) is 29.9 Å². The lowest BCUT2D eigenvalue weighted by Crippen LogP contribution is -1.98. The molecule has 0 radical (unpaired) electrons. The molecule has 0 aromatic carbocycles. The Balaban J connectivity index is 2.06. The first-order valence-electron chi connectivity index (χ1n) is 6.06. The predicted molar refractivity (Wildman–Crippen MR) is 73.9 cm³/mol. The average Bonchev–Trinajstić information content (AvgIpc) is 3.08. The Morgan fingerprint density at radius 3 is 2.84 bits per heavy atom. The van der Waals surface area contributed by atoms with Gasteiger partial charge in [0.2, 0.25) is 0 Å². The number of H-pyrrole nitrogens is 1. The highest BCUT2D eigenvalue weighted by Gasteiger charge is 2.16. The van der Waals surface area contributed by atoms with E-state index in [-0.39, 0.29) is 0 Å². The highest BCUT2D eigenvalue weighted by Crippen LogP contribution is 2.30. The fourth-order valence-electron chi connectivity index (χ4n) is 2.18. The van der Waals surface area contributed by atoms with E-state index in [0.717, 1.165) is 34.2 Å². The molecular weight excluding hydrogens is 260 g/mol. The Morgan fingerprint density at radius 1 is 1.37 bits per heavy atom. The lowest BCUT2D eigenvalue weighted by molar-refractivity contribution is 0.634. The quantitative estimate of drug-likeness (QED) is 0.796. The maximum Gasteiger partial charge on any atom is 0.184 e. The number of thiazole rings is 1. The average molecular weight is 274 g/mol. The van der Waals surface area contributed by atoms with Gasteiger partial charge in [0, 0.05) is 23.2 Å². The van der Waals surface area contributed by atoms with Crippen LogP contribution < -0.4 is 0 Å². The molecule has 6 nitrogen and oxygen atoms in total. The summed E-state index contributed by atoms with van der Waals surface area (Å²) in [5, 5.41) is 14.1. The van der Waals surface area contributed by atoms with Crippen molar-refractivity contribution in [3.8, 4) is 22.1 Å². The van der Waals surface area contributed by atoms with Crippen LogP contribution in [0.3, 0.4) is 0 Å². The zero-order valence-corrected chi connectivity index (χ0v) is 11.8. The number of aromatic nitrogens is 6. The number of hydrogen-bond donors (Lipinski definition) is 1. The van der Waals surface area contributed by atoms with E-state index in [2.05, 4.69) is 39.1 Å². The highest BCUT2D eigenvalue weighted by atomic mass is 32.1. The van der Waals surface area contributed by atoms with Crippen molar-refractivity contribution < 1.29 is 0 Å². The Morgan fingerprint density at radius 2 is 2.21 bits per heavy atom. The third-order valence-corrected chi connectivity index (χ3v) is 3.91. The van der Waals surface area contributed by atoms with E-state index < -0.39 is 0 Å². The van der Waals surface area contributed by atoms with Crippen molar-refractivity contribution in [2.75, 3.05) is 0 Å². The summed E-state index contributed by atoms with van der Waals surface area (Å²) in [6.45, 7) is 7.05. The molecule has 7 heteroatoms. The molecule has 0 amide bonds. The second-order valence-electron chi connectivity index (χ2n) is 4.23. The summed E-state index contributed by atoms with van der Waals surface area (Å²) in [4.78, 5) is 8.74. The van der Waals surface area contributed by atoms with Crippen molar-refractivity contribution in [1.29, 1.82) is 0 Å². The van der Waals surface area contributed by atoms with Gasteiger partial charge in [-0.15, -0.1) is 11.3 Å². The number of nitrogens with zero attached hydrogens (tertiary/aromatic N) is 5.